The van der Waals surface area contributed by atoms with Gasteiger partial charge in [-0.3, -0.25) is 9.59 Å². The fourth-order valence-corrected chi connectivity index (χ4v) is 5.19. The molecule has 0 aliphatic heterocycles. The molecule has 0 bridgehead atoms. The fraction of sp³-hybridized carbons (Fsp3) is 0.517. The van der Waals surface area contributed by atoms with E-state index in [0.29, 0.717) is 29.1 Å². The number of H-pyrrole nitrogens is 1. The number of aromatic nitrogens is 1. The zero-order chi connectivity index (χ0) is 25.9. The lowest BCUT2D eigenvalue weighted by molar-refractivity contribution is 0.0950. The van der Waals surface area contributed by atoms with Gasteiger partial charge in [0.1, 0.15) is 0 Å². The van der Waals surface area contributed by atoms with Gasteiger partial charge >= 0.3 is 0 Å². The molecule has 1 fully saturated rings. The molecule has 1 aromatic heterocycles. The molecule has 0 saturated heterocycles. The van der Waals surface area contributed by atoms with Crippen LogP contribution in [0, 0.1) is 26.7 Å². The zero-order valence-corrected chi connectivity index (χ0v) is 22.5. The molecule has 1 amide bonds. The molecule has 1 aliphatic carbocycles. The molecule has 3 N–H and O–H groups in total. The maximum absolute atomic E-state index is 13.3. The van der Waals surface area contributed by atoms with Crippen molar-refractivity contribution in [3.63, 3.8) is 0 Å². The van der Waals surface area contributed by atoms with Crippen LogP contribution >= 0.6 is 0 Å². The summed E-state index contributed by atoms with van der Waals surface area (Å²) in [6.07, 6.45) is 4.85. The summed E-state index contributed by atoms with van der Waals surface area (Å²) in [4.78, 5) is 30.8. The number of carbonyl (C=O) groups is 1. The summed E-state index contributed by atoms with van der Waals surface area (Å²) in [5, 5.41) is 6.68. The first-order valence-corrected chi connectivity index (χ1v) is 12.7. The van der Waals surface area contributed by atoms with Crippen LogP contribution in [0.2, 0.25) is 0 Å². The van der Waals surface area contributed by atoms with Crippen LogP contribution in [0.15, 0.2) is 29.6 Å². The zero-order valence-electron chi connectivity index (χ0n) is 22.5. The first-order chi connectivity index (χ1) is 16.5. The van der Waals surface area contributed by atoms with Gasteiger partial charge in [0.15, 0.2) is 0 Å². The monoisotopic (exact) mass is 478 g/mol. The van der Waals surface area contributed by atoms with E-state index in [4.69, 9.17) is 0 Å². The molecule has 0 radical (unpaired) electrons. The van der Waals surface area contributed by atoms with E-state index in [1.165, 1.54) is 25.7 Å². The quantitative estimate of drug-likeness (QED) is 0.488. The van der Waals surface area contributed by atoms with Crippen molar-refractivity contribution in [2.24, 2.45) is 5.92 Å². The minimum Gasteiger partial charge on any atom is -0.382 e. The lowest BCUT2D eigenvalue weighted by Gasteiger charge is -2.36. The third-order valence-corrected chi connectivity index (χ3v) is 7.63. The molecule has 1 saturated carbocycles. The molecule has 1 unspecified atom stereocenters. The molecule has 6 heteroatoms. The third-order valence-electron chi connectivity index (χ3n) is 7.63. The van der Waals surface area contributed by atoms with E-state index in [2.05, 4.69) is 54.2 Å². The van der Waals surface area contributed by atoms with Gasteiger partial charge in [-0.05, 0) is 115 Å². The van der Waals surface area contributed by atoms with Gasteiger partial charge in [-0.15, -0.1) is 0 Å². The van der Waals surface area contributed by atoms with Crippen molar-refractivity contribution >= 4 is 17.2 Å². The van der Waals surface area contributed by atoms with Gasteiger partial charge < -0.3 is 20.5 Å². The van der Waals surface area contributed by atoms with E-state index in [-0.39, 0.29) is 18.0 Å². The maximum Gasteiger partial charge on any atom is 0.253 e. The number of aromatic amines is 1. The highest BCUT2D eigenvalue weighted by Crippen LogP contribution is 2.32. The van der Waals surface area contributed by atoms with E-state index in [1.807, 2.05) is 39.8 Å². The van der Waals surface area contributed by atoms with Crippen LogP contribution in [-0.4, -0.2) is 42.0 Å². The number of nitrogens with zero attached hydrogens (tertiary/aromatic N) is 1. The van der Waals surface area contributed by atoms with E-state index >= 15 is 0 Å². The van der Waals surface area contributed by atoms with Crippen molar-refractivity contribution in [3.05, 3.63) is 68.6 Å². The first kappa shape index (κ1) is 26.7. The van der Waals surface area contributed by atoms with Crippen LogP contribution < -0.4 is 16.2 Å². The Hall–Kier alpha value is -2.86. The Morgan fingerprint density at radius 2 is 1.80 bits per heavy atom. The second kappa shape index (κ2) is 11.3. The number of benzene rings is 1. The van der Waals surface area contributed by atoms with Crippen LogP contribution in [0.1, 0.15) is 77.8 Å². The Labute approximate surface area is 210 Å². The highest BCUT2D eigenvalue weighted by atomic mass is 16.1. The molecule has 1 heterocycles. The highest BCUT2D eigenvalue weighted by Gasteiger charge is 2.27. The summed E-state index contributed by atoms with van der Waals surface area (Å²) < 4.78 is 0. The van der Waals surface area contributed by atoms with Crippen molar-refractivity contribution in [2.75, 3.05) is 19.4 Å². The normalized spacial score (nSPS) is 18.9. The number of allylic oxidation sites excluding steroid dienone is 1. The minimum atomic E-state index is -0.188. The van der Waals surface area contributed by atoms with Gasteiger partial charge in [-0.25, -0.2) is 0 Å². The summed E-state index contributed by atoms with van der Waals surface area (Å²) in [7, 11) is 4.34. The topological polar surface area (TPSA) is 77.2 Å². The molecule has 35 heavy (non-hydrogen) atoms. The summed E-state index contributed by atoms with van der Waals surface area (Å²) in [5.41, 5.74) is 6.46. The Bertz CT molecular complexity index is 1140. The molecule has 2 aromatic rings. The van der Waals surface area contributed by atoms with Crippen LogP contribution in [0.25, 0.3) is 5.57 Å². The van der Waals surface area contributed by atoms with E-state index in [0.717, 1.165) is 33.6 Å². The predicted octanol–water partition coefficient (Wildman–Crippen LogP) is 5.18. The molecular weight excluding hydrogens is 436 g/mol. The summed E-state index contributed by atoms with van der Waals surface area (Å²) >= 11 is 0. The second-order valence-electron chi connectivity index (χ2n) is 10.6. The van der Waals surface area contributed by atoms with Crippen LogP contribution in [0.3, 0.4) is 0 Å². The van der Waals surface area contributed by atoms with Crippen molar-refractivity contribution in [1.29, 1.82) is 0 Å². The number of nitrogens with one attached hydrogen (secondary N) is 3. The summed E-state index contributed by atoms with van der Waals surface area (Å²) in [5.74, 6) is 0.416. The Morgan fingerprint density at radius 3 is 2.37 bits per heavy atom. The lowest BCUT2D eigenvalue weighted by Crippen LogP contribution is -2.36. The van der Waals surface area contributed by atoms with Crippen molar-refractivity contribution < 1.29 is 4.79 Å². The van der Waals surface area contributed by atoms with E-state index in [9.17, 15) is 9.59 Å². The molecular formula is C29H42N4O2. The number of rotatable bonds is 8. The average Bonchev–Trinajstić information content (AvgIpc) is 2.79. The van der Waals surface area contributed by atoms with Gasteiger partial charge in [-0.2, -0.15) is 0 Å². The van der Waals surface area contributed by atoms with E-state index in [1.54, 1.807) is 0 Å². The number of hydrogen-bond acceptors (Lipinski definition) is 4. The average molecular weight is 479 g/mol. The van der Waals surface area contributed by atoms with Crippen molar-refractivity contribution in [1.82, 2.24) is 15.2 Å². The van der Waals surface area contributed by atoms with Gasteiger partial charge in [0.25, 0.3) is 11.5 Å². The molecule has 6 nitrogen and oxygen atoms in total. The lowest BCUT2D eigenvalue weighted by atomic mass is 9.81. The number of hydrogen-bond donors (Lipinski definition) is 3. The standard InChI is InChI=1S/C29H42N4O2/c1-17(2)23-14-25(28(34)30-16-26-18(3)13-19(4)31-29(26)35)20(5)27(15-23)32-21(6)22-9-11-24(12-10-22)33(7)8/h13-15,21-22,24,32H,1,9-12,16H2,2-8H3,(H,30,34)(H,31,35). The Balaban J connectivity index is 1.79. The van der Waals surface area contributed by atoms with Crippen LogP contribution in [0.4, 0.5) is 5.69 Å². The van der Waals surface area contributed by atoms with Crippen LogP contribution in [0.5, 0.6) is 0 Å². The molecule has 1 aliphatic rings. The largest absolute Gasteiger partial charge is 0.382 e. The predicted molar refractivity (Wildman–Crippen MR) is 146 cm³/mol. The van der Waals surface area contributed by atoms with Gasteiger partial charge in [0.2, 0.25) is 0 Å². The highest BCUT2D eigenvalue weighted by molar-refractivity contribution is 5.98. The Morgan fingerprint density at radius 1 is 1.14 bits per heavy atom. The first-order valence-electron chi connectivity index (χ1n) is 12.7. The van der Waals surface area contributed by atoms with Gasteiger partial charge in [0, 0.05) is 41.1 Å². The number of anilines is 1. The molecule has 190 valence electrons. The van der Waals surface area contributed by atoms with Crippen LogP contribution in [-0.2, 0) is 6.54 Å². The smallest absolute Gasteiger partial charge is 0.253 e. The molecule has 1 aromatic carbocycles. The fourth-order valence-electron chi connectivity index (χ4n) is 5.19. The second-order valence-corrected chi connectivity index (χ2v) is 10.6. The number of amides is 1. The minimum absolute atomic E-state index is 0.157. The van der Waals surface area contributed by atoms with Crippen molar-refractivity contribution in [2.45, 2.75) is 78.9 Å². The molecule has 0 spiro atoms. The molecule has 1 atom stereocenters. The van der Waals surface area contributed by atoms with Gasteiger partial charge in [-0.1, -0.05) is 12.2 Å². The number of carbonyl (C=O) groups excluding carboxylic acids is 1. The Kier molecular flexibility index (Phi) is 8.60. The van der Waals surface area contributed by atoms with E-state index < -0.39 is 0 Å². The third kappa shape index (κ3) is 6.43. The van der Waals surface area contributed by atoms with Crippen molar-refractivity contribution in [3.8, 4) is 0 Å². The molecule has 3 rings (SSSR count). The summed E-state index contributed by atoms with van der Waals surface area (Å²) in [6, 6.07) is 6.90. The summed E-state index contributed by atoms with van der Waals surface area (Å²) in [6.45, 7) is 14.2. The number of aryl methyl sites for hydroxylation is 2. The number of pyridine rings is 1. The maximum atomic E-state index is 13.3. The SMILES string of the molecule is C=C(C)c1cc(NC(C)C2CCC(N(C)C)CC2)c(C)c(C(=O)NCc2c(C)cc(C)[nH]c2=O)c1. The van der Waals surface area contributed by atoms with Gasteiger partial charge in [0.05, 0.1) is 0 Å².